The van der Waals surface area contributed by atoms with Gasteiger partial charge in [-0.1, -0.05) is 0 Å². The average Bonchev–Trinajstić information content (AvgIpc) is 2.40. The summed E-state index contributed by atoms with van der Waals surface area (Å²) in [6, 6.07) is 1.39. The first-order valence-electron chi connectivity index (χ1n) is 6.34. The number of rotatable bonds is 4. The van der Waals surface area contributed by atoms with E-state index in [1.807, 2.05) is 0 Å². The van der Waals surface area contributed by atoms with Crippen molar-refractivity contribution in [1.82, 2.24) is 0 Å². The number of phenols is 1. The molecule has 1 aliphatic rings. The topological polar surface area (TPSA) is 66.8 Å². The number of halogens is 2. The molecule has 1 aliphatic carbocycles. The zero-order chi connectivity index (χ0) is 14.7. The molecule has 0 bridgehead atoms. The van der Waals surface area contributed by atoms with Gasteiger partial charge in [0.2, 0.25) is 0 Å². The van der Waals surface area contributed by atoms with Gasteiger partial charge in [-0.05, 0) is 25.2 Å². The monoisotopic (exact) mass is 304 g/mol. The molecule has 1 fully saturated rings. The van der Waals surface area contributed by atoms with E-state index in [1.54, 1.807) is 0 Å². The van der Waals surface area contributed by atoms with E-state index >= 15 is 0 Å². The van der Waals surface area contributed by atoms with Gasteiger partial charge >= 0.3 is 0 Å². The van der Waals surface area contributed by atoms with Crippen molar-refractivity contribution in [2.45, 2.75) is 31.5 Å². The Morgan fingerprint density at radius 2 is 2.00 bits per heavy atom. The predicted octanol–water partition coefficient (Wildman–Crippen LogP) is 2.87. The van der Waals surface area contributed by atoms with Gasteiger partial charge in [-0.25, -0.2) is 8.78 Å². The van der Waals surface area contributed by atoms with Gasteiger partial charge in [0.15, 0.2) is 31.6 Å². The van der Waals surface area contributed by atoms with E-state index in [1.165, 1.54) is 0 Å². The fourth-order valence-corrected chi connectivity index (χ4v) is 3.02. The minimum Gasteiger partial charge on any atom is -0.504 e. The summed E-state index contributed by atoms with van der Waals surface area (Å²) >= 11 is 0. The molecule has 4 nitrogen and oxygen atoms in total. The Morgan fingerprint density at radius 3 is 2.70 bits per heavy atom. The van der Waals surface area contributed by atoms with Crippen molar-refractivity contribution in [1.29, 1.82) is 0 Å². The van der Waals surface area contributed by atoms with Gasteiger partial charge in [-0.15, -0.1) is 0 Å². The van der Waals surface area contributed by atoms with Crippen LogP contribution in [0.5, 0.6) is 11.5 Å². The van der Waals surface area contributed by atoms with Crippen molar-refractivity contribution in [3.05, 3.63) is 23.8 Å². The average molecular weight is 304 g/mol. The molecule has 0 radical (unpaired) electrons. The first-order valence-corrected chi connectivity index (χ1v) is 7.34. The second-order valence-electron chi connectivity index (χ2n) is 4.88. The van der Waals surface area contributed by atoms with E-state index < -0.39 is 29.6 Å². The van der Waals surface area contributed by atoms with Crippen molar-refractivity contribution < 1.29 is 28.3 Å². The van der Waals surface area contributed by atoms with Crippen molar-refractivity contribution in [2.75, 3.05) is 6.16 Å². The molecule has 2 N–H and O–H groups in total. The van der Waals surface area contributed by atoms with Gasteiger partial charge in [0, 0.05) is 18.3 Å². The van der Waals surface area contributed by atoms with Crippen LogP contribution in [0.2, 0.25) is 0 Å². The van der Waals surface area contributed by atoms with Crippen molar-refractivity contribution in [3.63, 3.8) is 0 Å². The van der Waals surface area contributed by atoms with Crippen LogP contribution in [-0.4, -0.2) is 28.6 Å². The number of ether oxygens (including phenoxy) is 1. The van der Waals surface area contributed by atoms with E-state index in [2.05, 4.69) is 0 Å². The zero-order valence-electron chi connectivity index (χ0n) is 10.6. The Bertz CT molecular complexity index is 498. The molecular formula is C13H15F2O4P. The fraction of sp³-hybridized carbons (Fsp3) is 0.538. The summed E-state index contributed by atoms with van der Waals surface area (Å²) < 4.78 is 42.1. The van der Waals surface area contributed by atoms with E-state index in [-0.39, 0.29) is 20.1 Å². The van der Waals surface area contributed by atoms with Crippen LogP contribution in [0.25, 0.3) is 0 Å². The van der Waals surface area contributed by atoms with Crippen LogP contribution >= 0.6 is 8.46 Å². The Balaban J connectivity index is 2.12. The second-order valence-corrected chi connectivity index (χ2v) is 5.51. The first kappa shape index (κ1) is 15.1. The first-order chi connectivity index (χ1) is 9.52. The number of hydrogen-bond donors (Lipinski definition) is 2. The number of phenolic OH excluding ortho intramolecular Hbond substituents is 1. The molecule has 1 aromatic rings. The Morgan fingerprint density at radius 1 is 1.30 bits per heavy atom. The minimum atomic E-state index is -1.16. The highest BCUT2D eigenvalue weighted by Crippen LogP contribution is 2.34. The number of aliphatic hydroxyl groups excluding tert-OH is 1. The molecule has 20 heavy (non-hydrogen) atoms. The van der Waals surface area contributed by atoms with Gasteiger partial charge in [-0.3, -0.25) is 4.57 Å². The Labute approximate surface area is 116 Å². The third-order valence-electron chi connectivity index (χ3n) is 3.52. The maximum absolute atomic E-state index is 13.1. The molecule has 1 saturated carbocycles. The van der Waals surface area contributed by atoms with Gasteiger partial charge in [0.1, 0.15) is 6.10 Å². The summed E-state index contributed by atoms with van der Waals surface area (Å²) in [5.41, 5.74) is 0. The van der Waals surface area contributed by atoms with Crippen LogP contribution in [-0.2, 0) is 4.57 Å². The molecule has 0 spiro atoms. The van der Waals surface area contributed by atoms with E-state index in [0.29, 0.717) is 18.6 Å². The molecule has 2 rings (SSSR count). The van der Waals surface area contributed by atoms with Gasteiger partial charge < -0.3 is 14.9 Å². The molecule has 110 valence electrons. The number of hydrogen-bond acceptors (Lipinski definition) is 4. The predicted molar refractivity (Wildman–Crippen MR) is 68.3 cm³/mol. The molecule has 1 aromatic carbocycles. The highest BCUT2D eigenvalue weighted by atomic mass is 31.1. The molecule has 0 amide bonds. The van der Waals surface area contributed by atoms with Gasteiger partial charge in [-0.2, -0.15) is 0 Å². The van der Waals surface area contributed by atoms with Crippen LogP contribution in [0, 0.1) is 17.6 Å². The summed E-state index contributed by atoms with van der Waals surface area (Å²) in [6.07, 6.45) is 0.882. The Kier molecular flexibility index (Phi) is 4.89. The smallest absolute Gasteiger partial charge is 0.164 e. The highest BCUT2D eigenvalue weighted by molar-refractivity contribution is 7.23. The van der Waals surface area contributed by atoms with E-state index in [0.717, 1.165) is 18.9 Å². The molecule has 0 heterocycles. The molecule has 3 atom stereocenters. The summed E-state index contributed by atoms with van der Waals surface area (Å²) in [5.74, 6) is -3.17. The lowest BCUT2D eigenvalue weighted by molar-refractivity contribution is -0.0253. The summed E-state index contributed by atoms with van der Waals surface area (Å²) in [5, 5.41) is 19.7. The highest BCUT2D eigenvalue weighted by Gasteiger charge is 2.33. The summed E-state index contributed by atoms with van der Waals surface area (Å²) in [4.78, 5) is 0. The molecule has 0 aromatic heterocycles. The van der Waals surface area contributed by atoms with Crippen LogP contribution in [0.3, 0.4) is 0 Å². The fourth-order valence-electron chi connectivity index (χ4n) is 2.43. The quantitative estimate of drug-likeness (QED) is 0.839. The molecule has 0 saturated heterocycles. The van der Waals surface area contributed by atoms with Crippen LogP contribution in [0.4, 0.5) is 8.78 Å². The SMILES string of the molecule is O=PCC1CCCC(Oc2cc(F)c(F)cc2O)[C@@H]1O. The van der Waals surface area contributed by atoms with Crippen molar-refractivity contribution in [3.8, 4) is 11.5 Å². The van der Waals surface area contributed by atoms with E-state index in [4.69, 9.17) is 4.74 Å². The largest absolute Gasteiger partial charge is 0.504 e. The van der Waals surface area contributed by atoms with Gasteiger partial charge in [0.05, 0.1) is 6.10 Å². The zero-order valence-corrected chi connectivity index (χ0v) is 11.5. The minimum absolute atomic E-state index is 0.0475. The van der Waals surface area contributed by atoms with Crippen molar-refractivity contribution >= 4 is 8.46 Å². The number of benzene rings is 1. The molecule has 0 aliphatic heterocycles. The van der Waals surface area contributed by atoms with Crippen LogP contribution in [0.1, 0.15) is 19.3 Å². The molecular weight excluding hydrogens is 289 g/mol. The third kappa shape index (κ3) is 3.25. The lowest BCUT2D eigenvalue weighted by atomic mass is 9.85. The second kappa shape index (κ2) is 6.46. The lowest BCUT2D eigenvalue weighted by Gasteiger charge is -2.33. The Hall–Kier alpha value is -1.26. The number of aliphatic hydroxyl groups is 1. The van der Waals surface area contributed by atoms with Crippen molar-refractivity contribution in [2.24, 2.45) is 5.92 Å². The summed E-state index contributed by atoms with van der Waals surface area (Å²) in [6.45, 7) is 0. The standard InChI is InChI=1S/C13H15F2O4P/c14-8-4-10(16)12(5-9(8)15)19-11-3-1-2-7(6-20-18)13(11)17/h4-5,7,11,13,16-17H,1-3,6H2/t7?,11?,13-/m1/s1. The van der Waals surface area contributed by atoms with Gasteiger partial charge in [0.25, 0.3) is 0 Å². The maximum Gasteiger partial charge on any atom is 0.164 e. The lowest BCUT2D eigenvalue weighted by Crippen LogP contribution is -2.41. The summed E-state index contributed by atoms with van der Waals surface area (Å²) in [7, 11) is -0.0475. The van der Waals surface area contributed by atoms with Crippen LogP contribution < -0.4 is 4.74 Å². The maximum atomic E-state index is 13.1. The number of aromatic hydroxyl groups is 1. The normalized spacial score (nSPS) is 26.6. The van der Waals surface area contributed by atoms with E-state index in [9.17, 15) is 23.6 Å². The van der Waals surface area contributed by atoms with Crippen LogP contribution in [0.15, 0.2) is 12.1 Å². The molecule has 7 heteroatoms. The molecule has 2 unspecified atom stereocenters. The third-order valence-corrected chi connectivity index (χ3v) is 4.13.